The van der Waals surface area contributed by atoms with Crippen molar-refractivity contribution in [3.63, 3.8) is 0 Å². The van der Waals surface area contributed by atoms with Crippen molar-refractivity contribution < 1.29 is 9.46 Å². The van der Waals surface area contributed by atoms with Gasteiger partial charge in [0.1, 0.15) is 0 Å². The first kappa shape index (κ1) is 8.83. The number of hydrogen-bond donors (Lipinski definition) is 1. The maximum absolute atomic E-state index is 10.3. The molecule has 5 heteroatoms. The van der Waals surface area contributed by atoms with Gasteiger partial charge in [0.2, 0.25) is 0 Å². The van der Waals surface area contributed by atoms with Crippen LogP contribution in [0.25, 0.3) is 0 Å². The fourth-order valence-corrected chi connectivity index (χ4v) is 3.77. The molecule has 0 amide bonds. The summed E-state index contributed by atoms with van der Waals surface area (Å²) in [6.07, 6.45) is 0. The van der Waals surface area contributed by atoms with Crippen molar-refractivity contribution >= 4 is 28.5 Å². The first-order valence-corrected chi connectivity index (χ1v) is 6.17. The third kappa shape index (κ3) is 6.83. The lowest BCUT2D eigenvalue weighted by atomic mass is 10.6. The van der Waals surface area contributed by atoms with Gasteiger partial charge in [-0.05, 0) is 11.2 Å². The Bertz CT molecular complexity index is 110. The van der Waals surface area contributed by atoms with Crippen molar-refractivity contribution in [2.45, 2.75) is 19.1 Å². The minimum Gasteiger partial charge on any atom is -0.326 e. The van der Waals surface area contributed by atoms with Gasteiger partial charge < -0.3 is 4.89 Å². The standard InChI is InChI=1S/C3H8ClO2PS/c1-3(2)8-7(4,5)6/h3H,1-2H3,(H,5,6). The zero-order valence-electron chi connectivity index (χ0n) is 4.67. The molecule has 0 heterocycles. The lowest BCUT2D eigenvalue weighted by Gasteiger charge is -2.03. The molecule has 0 aliphatic rings. The Morgan fingerprint density at radius 1 is 1.75 bits per heavy atom. The SMILES string of the molecule is CC(C)SP(=O)(O)Cl. The van der Waals surface area contributed by atoms with Crippen molar-refractivity contribution in [2.24, 2.45) is 0 Å². The molecule has 0 spiro atoms. The van der Waals surface area contributed by atoms with E-state index in [1.165, 1.54) is 0 Å². The molecule has 0 aromatic carbocycles. The van der Waals surface area contributed by atoms with Crippen LogP contribution in [0.15, 0.2) is 0 Å². The van der Waals surface area contributed by atoms with E-state index in [4.69, 9.17) is 16.1 Å². The monoisotopic (exact) mass is 174 g/mol. The van der Waals surface area contributed by atoms with Gasteiger partial charge in [-0.3, -0.25) is 4.57 Å². The average molecular weight is 175 g/mol. The Morgan fingerprint density at radius 3 is 2.12 bits per heavy atom. The summed E-state index contributed by atoms with van der Waals surface area (Å²) in [4.78, 5) is 8.47. The van der Waals surface area contributed by atoms with Gasteiger partial charge in [0.05, 0.1) is 0 Å². The fraction of sp³-hybridized carbons (Fsp3) is 1.00. The molecule has 0 bridgehead atoms. The number of hydrogen-bond acceptors (Lipinski definition) is 2. The van der Waals surface area contributed by atoms with E-state index in [-0.39, 0.29) is 5.25 Å². The third-order valence-corrected chi connectivity index (χ3v) is 3.78. The summed E-state index contributed by atoms with van der Waals surface area (Å²) in [7, 11) is 0. The zero-order chi connectivity index (χ0) is 6.78. The fourth-order valence-electron chi connectivity index (χ4n) is 0.260. The Balaban J connectivity index is 3.56. The second-order valence-electron chi connectivity index (χ2n) is 1.61. The molecule has 8 heavy (non-hydrogen) atoms. The molecule has 1 N–H and O–H groups in total. The minimum absolute atomic E-state index is 0.114. The predicted octanol–water partition coefficient (Wildman–Crippen LogP) is 2.47. The maximum Gasteiger partial charge on any atom is 0.344 e. The molecule has 1 atom stereocenters. The van der Waals surface area contributed by atoms with Crippen LogP contribution in [-0.2, 0) is 4.57 Å². The van der Waals surface area contributed by atoms with Crippen LogP contribution in [0, 0.1) is 0 Å². The molecule has 0 aromatic heterocycles. The first-order chi connectivity index (χ1) is 3.42. The highest BCUT2D eigenvalue weighted by Crippen LogP contribution is 2.60. The second kappa shape index (κ2) is 3.11. The molecule has 0 aliphatic carbocycles. The van der Waals surface area contributed by atoms with Gasteiger partial charge >= 0.3 is 5.92 Å². The van der Waals surface area contributed by atoms with E-state index >= 15 is 0 Å². The van der Waals surface area contributed by atoms with Crippen molar-refractivity contribution in [3.05, 3.63) is 0 Å². The van der Waals surface area contributed by atoms with Crippen molar-refractivity contribution in [2.75, 3.05) is 0 Å². The largest absolute Gasteiger partial charge is 0.344 e. The van der Waals surface area contributed by atoms with Gasteiger partial charge in [0.15, 0.2) is 0 Å². The highest BCUT2D eigenvalue weighted by Gasteiger charge is 2.15. The summed E-state index contributed by atoms with van der Waals surface area (Å²) in [5.74, 6) is -3.33. The van der Waals surface area contributed by atoms with E-state index in [1.54, 1.807) is 0 Å². The highest BCUT2D eigenvalue weighted by molar-refractivity contribution is 8.63. The van der Waals surface area contributed by atoms with Crippen LogP contribution < -0.4 is 0 Å². The summed E-state index contributed by atoms with van der Waals surface area (Å²) in [6.45, 7) is 3.63. The van der Waals surface area contributed by atoms with E-state index in [9.17, 15) is 4.57 Å². The summed E-state index contributed by atoms with van der Waals surface area (Å²) < 4.78 is 10.3. The number of halogens is 1. The quantitative estimate of drug-likeness (QED) is 0.654. The minimum atomic E-state index is -3.33. The van der Waals surface area contributed by atoms with Gasteiger partial charge in [0, 0.05) is 5.25 Å². The van der Waals surface area contributed by atoms with Crippen LogP contribution in [0.4, 0.5) is 0 Å². The van der Waals surface area contributed by atoms with E-state index in [1.807, 2.05) is 13.8 Å². The average Bonchev–Trinajstić information content (AvgIpc) is 1.21. The Hall–Kier alpha value is 0.830. The molecule has 50 valence electrons. The van der Waals surface area contributed by atoms with Crippen LogP contribution in [0.5, 0.6) is 0 Å². The molecule has 1 unspecified atom stereocenters. The van der Waals surface area contributed by atoms with Crippen molar-refractivity contribution in [3.8, 4) is 0 Å². The molecule has 0 saturated heterocycles. The highest BCUT2D eigenvalue weighted by atomic mass is 35.7. The molecular weight excluding hydrogens is 167 g/mol. The van der Waals surface area contributed by atoms with Gasteiger partial charge in [-0.2, -0.15) is 0 Å². The molecular formula is C3H8ClO2PS. The van der Waals surface area contributed by atoms with E-state index in [2.05, 4.69) is 0 Å². The molecule has 0 fully saturated rings. The lowest BCUT2D eigenvalue weighted by Crippen LogP contribution is -1.81. The van der Waals surface area contributed by atoms with Gasteiger partial charge in [0.25, 0.3) is 0 Å². The molecule has 0 radical (unpaired) electrons. The van der Waals surface area contributed by atoms with Crippen LogP contribution in [0.1, 0.15) is 13.8 Å². The maximum atomic E-state index is 10.3. The van der Waals surface area contributed by atoms with Gasteiger partial charge in [-0.1, -0.05) is 25.2 Å². The molecule has 0 aliphatic heterocycles. The van der Waals surface area contributed by atoms with E-state index < -0.39 is 5.92 Å². The summed E-state index contributed by atoms with van der Waals surface area (Å²) in [5.41, 5.74) is 0. The van der Waals surface area contributed by atoms with Crippen LogP contribution in [0.2, 0.25) is 0 Å². The van der Waals surface area contributed by atoms with Crippen LogP contribution in [-0.4, -0.2) is 10.1 Å². The third-order valence-electron chi connectivity index (χ3n) is 0.341. The zero-order valence-corrected chi connectivity index (χ0v) is 7.13. The van der Waals surface area contributed by atoms with Gasteiger partial charge in [-0.25, -0.2) is 0 Å². The van der Waals surface area contributed by atoms with Gasteiger partial charge in [-0.15, -0.1) is 0 Å². The summed E-state index contributed by atoms with van der Waals surface area (Å²) in [5, 5.41) is 0.114. The Kier molecular flexibility index (Phi) is 3.44. The summed E-state index contributed by atoms with van der Waals surface area (Å²) >= 11 is 5.89. The predicted molar refractivity (Wildman–Crippen MR) is 38.4 cm³/mol. The van der Waals surface area contributed by atoms with E-state index in [0.717, 1.165) is 11.4 Å². The Labute approximate surface area is 57.6 Å². The molecule has 0 aromatic rings. The molecule has 0 rings (SSSR count). The molecule has 0 saturated carbocycles. The second-order valence-corrected chi connectivity index (χ2v) is 7.76. The van der Waals surface area contributed by atoms with Crippen molar-refractivity contribution in [1.29, 1.82) is 0 Å². The molecule has 2 nitrogen and oxygen atoms in total. The first-order valence-electron chi connectivity index (χ1n) is 2.12. The van der Waals surface area contributed by atoms with Crippen LogP contribution in [0.3, 0.4) is 0 Å². The summed E-state index contributed by atoms with van der Waals surface area (Å²) in [6, 6.07) is 0. The van der Waals surface area contributed by atoms with Crippen molar-refractivity contribution in [1.82, 2.24) is 0 Å². The smallest absolute Gasteiger partial charge is 0.326 e. The number of rotatable bonds is 2. The van der Waals surface area contributed by atoms with E-state index in [0.29, 0.717) is 0 Å². The van der Waals surface area contributed by atoms with Crippen LogP contribution >= 0.6 is 28.5 Å². The lowest BCUT2D eigenvalue weighted by molar-refractivity contribution is 0.513. The normalized spacial score (nSPS) is 18.6. The Morgan fingerprint density at radius 2 is 2.12 bits per heavy atom. The topological polar surface area (TPSA) is 37.3 Å².